The predicted octanol–water partition coefficient (Wildman–Crippen LogP) is 4.04. The number of hydrogen-bond donors (Lipinski definition) is 1. The quantitative estimate of drug-likeness (QED) is 0.727. The second kappa shape index (κ2) is 8.94. The lowest BCUT2D eigenvalue weighted by molar-refractivity contribution is -0.116. The third-order valence-corrected chi connectivity index (χ3v) is 6.48. The first kappa shape index (κ1) is 22.2. The van der Waals surface area contributed by atoms with E-state index >= 15 is 0 Å². The number of anilines is 1. The summed E-state index contributed by atoms with van der Waals surface area (Å²) in [5.41, 5.74) is 2.65. The van der Waals surface area contributed by atoms with Gasteiger partial charge in [0.1, 0.15) is 5.75 Å². The maximum Gasteiger partial charge on any atom is 0.243 e. The second-order valence-corrected chi connectivity index (χ2v) is 9.25. The first-order valence-corrected chi connectivity index (χ1v) is 10.6. The molecule has 0 bridgehead atoms. The summed E-state index contributed by atoms with van der Waals surface area (Å²) in [6, 6.07) is 9.97. The van der Waals surface area contributed by atoms with E-state index < -0.39 is 15.9 Å². The van der Waals surface area contributed by atoms with Gasteiger partial charge in [-0.2, -0.15) is 4.31 Å². The Bertz CT molecular complexity index is 974. The Morgan fingerprint density at radius 2 is 1.93 bits per heavy atom. The highest BCUT2D eigenvalue weighted by Gasteiger charge is 2.24. The molecule has 6 nitrogen and oxygen atoms in total. The molecule has 0 unspecified atom stereocenters. The SMILES string of the molecule is COc1ccc(S(=O)(=O)N(C)CC(=O)Nc2c(C)cccc2C(C)C)cc1Cl. The van der Waals surface area contributed by atoms with Gasteiger partial charge >= 0.3 is 0 Å². The molecule has 2 rings (SSSR count). The van der Waals surface area contributed by atoms with Crippen LogP contribution in [0.3, 0.4) is 0 Å². The second-order valence-electron chi connectivity index (χ2n) is 6.80. The van der Waals surface area contributed by atoms with E-state index in [0.29, 0.717) is 5.75 Å². The average molecular weight is 425 g/mol. The van der Waals surface area contributed by atoms with Gasteiger partial charge in [-0.3, -0.25) is 4.79 Å². The van der Waals surface area contributed by atoms with E-state index in [1.165, 1.54) is 32.4 Å². The normalized spacial score (nSPS) is 11.7. The topological polar surface area (TPSA) is 75.7 Å². The maximum absolute atomic E-state index is 12.8. The lowest BCUT2D eigenvalue weighted by atomic mass is 9.98. The van der Waals surface area contributed by atoms with Crippen LogP contribution in [0.2, 0.25) is 5.02 Å². The van der Waals surface area contributed by atoms with Crippen molar-refractivity contribution in [1.82, 2.24) is 4.31 Å². The Kier molecular flexibility index (Phi) is 7.09. The Balaban J connectivity index is 2.19. The van der Waals surface area contributed by atoms with Gasteiger partial charge in [-0.15, -0.1) is 0 Å². The lowest BCUT2D eigenvalue weighted by Crippen LogP contribution is -2.35. The molecule has 28 heavy (non-hydrogen) atoms. The zero-order valence-corrected chi connectivity index (χ0v) is 18.2. The number of carbonyl (C=O) groups excluding carboxylic acids is 1. The first-order chi connectivity index (χ1) is 13.1. The van der Waals surface area contributed by atoms with Crippen LogP contribution in [0, 0.1) is 6.92 Å². The number of nitrogens with zero attached hydrogens (tertiary/aromatic N) is 1. The monoisotopic (exact) mass is 424 g/mol. The molecule has 0 radical (unpaired) electrons. The van der Waals surface area contributed by atoms with Crippen LogP contribution >= 0.6 is 11.6 Å². The van der Waals surface area contributed by atoms with Crippen LogP contribution < -0.4 is 10.1 Å². The van der Waals surface area contributed by atoms with Gasteiger partial charge in [-0.25, -0.2) is 8.42 Å². The van der Waals surface area contributed by atoms with Crippen molar-refractivity contribution in [3.63, 3.8) is 0 Å². The van der Waals surface area contributed by atoms with Crippen LogP contribution in [-0.4, -0.2) is 39.3 Å². The summed E-state index contributed by atoms with van der Waals surface area (Å²) in [6.45, 7) is 5.65. The summed E-state index contributed by atoms with van der Waals surface area (Å²) in [5.74, 6) is 0.182. The molecule has 8 heteroatoms. The van der Waals surface area contributed by atoms with Crippen LogP contribution in [0.25, 0.3) is 0 Å². The number of amides is 1. The first-order valence-electron chi connectivity index (χ1n) is 8.77. The van der Waals surface area contributed by atoms with E-state index in [-0.39, 0.29) is 22.4 Å². The lowest BCUT2D eigenvalue weighted by Gasteiger charge is -2.20. The number of halogens is 1. The fourth-order valence-electron chi connectivity index (χ4n) is 2.80. The van der Waals surface area contributed by atoms with E-state index in [2.05, 4.69) is 5.32 Å². The predicted molar refractivity (Wildman–Crippen MR) is 112 cm³/mol. The third-order valence-electron chi connectivity index (χ3n) is 4.39. The van der Waals surface area contributed by atoms with Gasteiger partial charge in [0, 0.05) is 12.7 Å². The van der Waals surface area contributed by atoms with Crippen molar-refractivity contribution in [2.24, 2.45) is 0 Å². The molecule has 0 aliphatic heterocycles. The molecule has 0 saturated carbocycles. The molecule has 2 aromatic rings. The molecule has 1 amide bonds. The molecule has 0 aromatic heterocycles. The van der Waals surface area contributed by atoms with Gasteiger partial charge in [0.25, 0.3) is 0 Å². The molecule has 0 aliphatic carbocycles. The largest absolute Gasteiger partial charge is 0.495 e. The number of para-hydroxylation sites is 1. The minimum atomic E-state index is -3.88. The summed E-state index contributed by atoms with van der Waals surface area (Å²) in [5, 5.41) is 3.04. The molecular weight excluding hydrogens is 400 g/mol. The summed E-state index contributed by atoms with van der Waals surface area (Å²) in [7, 11) is -1.08. The third kappa shape index (κ3) is 4.84. The molecule has 0 fully saturated rings. The highest BCUT2D eigenvalue weighted by molar-refractivity contribution is 7.89. The molecule has 0 heterocycles. The van der Waals surface area contributed by atoms with Crippen LogP contribution in [0.15, 0.2) is 41.3 Å². The zero-order chi connectivity index (χ0) is 21.1. The smallest absolute Gasteiger partial charge is 0.243 e. The fourth-order valence-corrected chi connectivity index (χ4v) is 4.27. The number of nitrogens with one attached hydrogen (secondary N) is 1. The Morgan fingerprint density at radius 1 is 1.25 bits per heavy atom. The van der Waals surface area contributed by atoms with Crippen LogP contribution in [-0.2, 0) is 14.8 Å². The number of carbonyl (C=O) groups is 1. The number of ether oxygens (including phenoxy) is 1. The van der Waals surface area contributed by atoms with Gasteiger partial charge in [0.15, 0.2) is 0 Å². The molecule has 0 aliphatic rings. The van der Waals surface area contributed by atoms with Gasteiger partial charge in [0.2, 0.25) is 15.9 Å². The molecule has 2 aromatic carbocycles. The molecule has 0 spiro atoms. The fraction of sp³-hybridized carbons (Fsp3) is 0.350. The molecule has 152 valence electrons. The van der Waals surface area contributed by atoms with Gasteiger partial charge in [0.05, 0.1) is 23.6 Å². The van der Waals surface area contributed by atoms with Crippen molar-refractivity contribution >= 4 is 33.2 Å². The zero-order valence-electron chi connectivity index (χ0n) is 16.6. The van der Waals surface area contributed by atoms with E-state index in [9.17, 15) is 13.2 Å². The van der Waals surface area contributed by atoms with Crippen LogP contribution in [0.4, 0.5) is 5.69 Å². The summed E-state index contributed by atoms with van der Waals surface area (Å²) in [4.78, 5) is 12.5. The minimum Gasteiger partial charge on any atom is -0.495 e. The standard InChI is InChI=1S/C20H25ClN2O4S/c1-13(2)16-8-6-7-14(3)20(16)22-19(24)12-23(4)28(25,26)15-9-10-18(27-5)17(21)11-15/h6-11,13H,12H2,1-5H3,(H,22,24). The number of aryl methyl sites for hydroxylation is 1. The molecule has 0 saturated heterocycles. The Hall–Kier alpha value is -2.09. The molecular formula is C20H25ClN2O4S. The highest BCUT2D eigenvalue weighted by Crippen LogP contribution is 2.29. The Labute approximate surface area is 171 Å². The number of sulfonamides is 1. The van der Waals surface area contributed by atoms with E-state index in [0.717, 1.165) is 21.1 Å². The van der Waals surface area contributed by atoms with Crippen LogP contribution in [0.5, 0.6) is 5.75 Å². The van der Waals surface area contributed by atoms with Crippen molar-refractivity contribution in [1.29, 1.82) is 0 Å². The number of methoxy groups -OCH3 is 1. The van der Waals surface area contributed by atoms with E-state index in [1.54, 1.807) is 0 Å². The number of rotatable bonds is 7. The van der Waals surface area contributed by atoms with E-state index in [4.69, 9.17) is 16.3 Å². The van der Waals surface area contributed by atoms with Crippen molar-refractivity contribution < 1.29 is 17.9 Å². The minimum absolute atomic E-state index is 0.00707. The summed E-state index contributed by atoms with van der Waals surface area (Å²) < 4.78 is 31.6. The maximum atomic E-state index is 12.8. The van der Waals surface area contributed by atoms with Crippen molar-refractivity contribution in [2.75, 3.05) is 26.0 Å². The number of benzene rings is 2. The Morgan fingerprint density at radius 3 is 2.50 bits per heavy atom. The van der Waals surface area contributed by atoms with Gasteiger partial charge in [-0.1, -0.05) is 43.6 Å². The van der Waals surface area contributed by atoms with Crippen molar-refractivity contribution in [3.05, 3.63) is 52.5 Å². The molecule has 0 atom stereocenters. The average Bonchev–Trinajstić information content (AvgIpc) is 2.62. The molecule has 1 N–H and O–H groups in total. The number of likely N-dealkylation sites (N-methyl/N-ethyl adjacent to an activating group) is 1. The summed E-state index contributed by atoms with van der Waals surface area (Å²) >= 11 is 6.03. The van der Waals surface area contributed by atoms with E-state index in [1.807, 2.05) is 39.0 Å². The number of hydrogen-bond acceptors (Lipinski definition) is 4. The van der Waals surface area contributed by atoms with Gasteiger partial charge < -0.3 is 10.1 Å². The van der Waals surface area contributed by atoms with Crippen molar-refractivity contribution in [2.45, 2.75) is 31.6 Å². The van der Waals surface area contributed by atoms with Crippen LogP contribution in [0.1, 0.15) is 30.9 Å². The summed E-state index contributed by atoms with van der Waals surface area (Å²) in [6.07, 6.45) is 0. The van der Waals surface area contributed by atoms with Gasteiger partial charge in [-0.05, 0) is 42.2 Å². The van der Waals surface area contributed by atoms with Crippen molar-refractivity contribution in [3.8, 4) is 5.75 Å². The highest BCUT2D eigenvalue weighted by atomic mass is 35.5.